The number of carbonyl (C=O) groups excluding carboxylic acids is 2. The fourth-order valence-corrected chi connectivity index (χ4v) is 1.77. The minimum atomic E-state index is 0.576. The average Bonchev–Trinajstić information content (AvgIpc) is 2.47. The second kappa shape index (κ2) is 3.49. The zero-order valence-electron chi connectivity index (χ0n) is 6.90. The molecular formula is C8H9NO2S. The minimum absolute atomic E-state index is 0.576. The van der Waals surface area contributed by atoms with Gasteiger partial charge >= 0.3 is 0 Å². The molecule has 1 aromatic heterocycles. The van der Waals surface area contributed by atoms with Crippen LogP contribution in [0.5, 0.6) is 0 Å². The molecule has 0 saturated carbocycles. The lowest BCUT2D eigenvalue weighted by molar-refractivity contribution is 0.112. The molecule has 0 radical (unpaired) electrons. The molecular weight excluding hydrogens is 174 g/mol. The molecule has 0 N–H and O–H groups in total. The van der Waals surface area contributed by atoms with Crippen molar-refractivity contribution in [3.8, 4) is 0 Å². The second-order valence-electron chi connectivity index (χ2n) is 2.54. The number of anilines is 1. The Morgan fingerprint density at radius 1 is 1.33 bits per heavy atom. The standard InChI is InChI=1S/C8H9NO2S/c1-9(2)8-6(4-10)3-7(5-11)12-8/h3-5H,1-2H3. The van der Waals surface area contributed by atoms with Gasteiger partial charge in [0.25, 0.3) is 0 Å². The van der Waals surface area contributed by atoms with Gasteiger partial charge in [-0.3, -0.25) is 9.59 Å². The number of hydrogen-bond acceptors (Lipinski definition) is 4. The quantitative estimate of drug-likeness (QED) is 0.665. The Kier molecular flexibility index (Phi) is 2.60. The van der Waals surface area contributed by atoms with Crippen LogP contribution >= 0.6 is 11.3 Å². The van der Waals surface area contributed by atoms with Crippen molar-refractivity contribution < 1.29 is 9.59 Å². The van der Waals surface area contributed by atoms with Crippen molar-refractivity contribution in [3.63, 3.8) is 0 Å². The van der Waals surface area contributed by atoms with E-state index in [4.69, 9.17) is 0 Å². The van der Waals surface area contributed by atoms with Crippen LogP contribution in [-0.4, -0.2) is 26.7 Å². The Balaban J connectivity index is 3.16. The molecule has 0 aliphatic carbocycles. The van der Waals surface area contributed by atoms with E-state index in [0.29, 0.717) is 10.4 Å². The smallest absolute Gasteiger partial charge is 0.160 e. The van der Waals surface area contributed by atoms with E-state index in [2.05, 4.69) is 0 Å². The van der Waals surface area contributed by atoms with Gasteiger partial charge in [-0.05, 0) is 6.07 Å². The summed E-state index contributed by atoms with van der Waals surface area (Å²) in [5.41, 5.74) is 0.576. The Labute approximate surface area is 74.6 Å². The summed E-state index contributed by atoms with van der Waals surface area (Å²) in [5, 5.41) is 0.826. The first kappa shape index (κ1) is 8.93. The Morgan fingerprint density at radius 3 is 2.33 bits per heavy atom. The number of aldehydes is 2. The highest BCUT2D eigenvalue weighted by Gasteiger charge is 2.08. The molecule has 0 aliphatic heterocycles. The van der Waals surface area contributed by atoms with Crippen molar-refractivity contribution in [1.29, 1.82) is 0 Å². The third-order valence-corrected chi connectivity index (χ3v) is 2.65. The maximum atomic E-state index is 10.5. The monoisotopic (exact) mass is 183 g/mol. The number of nitrogens with zero attached hydrogens (tertiary/aromatic N) is 1. The van der Waals surface area contributed by atoms with E-state index >= 15 is 0 Å². The molecule has 1 aromatic rings. The number of thiophene rings is 1. The molecule has 0 fully saturated rings. The van der Waals surface area contributed by atoms with Crippen molar-refractivity contribution in [1.82, 2.24) is 0 Å². The van der Waals surface area contributed by atoms with Crippen LogP contribution in [0.4, 0.5) is 5.00 Å². The van der Waals surface area contributed by atoms with Crippen LogP contribution in [0.1, 0.15) is 20.0 Å². The maximum Gasteiger partial charge on any atom is 0.160 e. The molecule has 3 nitrogen and oxygen atoms in total. The topological polar surface area (TPSA) is 37.4 Å². The Bertz CT molecular complexity index is 304. The summed E-state index contributed by atoms with van der Waals surface area (Å²) < 4.78 is 0. The summed E-state index contributed by atoms with van der Waals surface area (Å²) in [6.07, 6.45) is 1.52. The first-order chi connectivity index (χ1) is 5.69. The van der Waals surface area contributed by atoms with E-state index in [1.54, 1.807) is 6.07 Å². The SMILES string of the molecule is CN(C)c1sc(C=O)cc1C=O. The highest BCUT2D eigenvalue weighted by Crippen LogP contribution is 2.27. The molecule has 1 heterocycles. The zero-order chi connectivity index (χ0) is 9.14. The van der Waals surface area contributed by atoms with Crippen molar-refractivity contribution in [3.05, 3.63) is 16.5 Å². The molecule has 0 unspecified atom stereocenters. The number of carbonyl (C=O) groups is 2. The molecule has 0 spiro atoms. The maximum absolute atomic E-state index is 10.5. The molecule has 64 valence electrons. The third-order valence-electron chi connectivity index (χ3n) is 1.41. The summed E-state index contributed by atoms with van der Waals surface area (Å²) >= 11 is 1.32. The van der Waals surface area contributed by atoms with Gasteiger partial charge in [-0.2, -0.15) is 0 Å². The summed E-state index contributed by atoms with van der Waals surface area (Å²) in [6.45, 7) is 0. The van der Waals surface area contributed by atoms with Gasteiger partial charge in [0.05, 0.1) is 4.88 Å². The Hall–Kier alpha value is -1.16. The van der Waals surface area contributed by atoms with Gasteiger partial charge in [0, 0.05) is 19.7 Å². The summed E-state index contributed by atoms with van der Waals surface area (Å²) in [7, 11) is 3.68. The van der Waals surface area contributed by atoms with E-state index in [0.717, 1.165) is 17.6 Å². The molecule has 0 amide bonds. The number of rotatable bonds is 3. The normalized spacial score (nSPS) is 9.50. The lowest BCUT2D eigenvalue weighted by Crippen LogP contribution is -2.08. The van der Waals surface area contributed by atoms with Gasteiger partial charge in [-0.25, -0.2) is 0 Å². The molecule has 0 saturated heterocycles. The highest BCUT2D eigenvalue weighted by molar-refractivity contribution is 7.18. The first-order valence-corrected chi connectivity index (χ1v) is 4.22. The van der Waals surface area contributed by atoms with E-state index in [-0.39, 0.29) is 0 Å². The summed E-state index contributed by atoms with van der Waals surface area (Å²) in [4.78, 5) is 23.3. The average molecular weight is 183 g/mol. The molecule has 0 atom stereocenters. The lowest BCUT2D eigenvalue weighted by Gasteiger charge is -2.08. The van der Waals surface area contributed by atoms with Gasteiger partial charge < -0.3 is 4.90 Å². The van der Waals surface area contributed by atoms with Crippen LogP contribution < -0.4 is 4.90 Å². The van der Waals surface area contributed by atoms with Crippen molar-refractivity contribution >= 4 is 28.9 Å². The molecule has 1 rings (SSSR count). The third kappa shape index (κ3) is 1.53. The van der Waals surface area contributed by atoms with Gasteiger partial charge in [0.2, 0.25) is 0 Å². The van der Waals surface area contributed by atoms with Crippen molar-refractivity contribution in [2.24, 2.45) is 0 Å². The number of hydrogen-bond donors (Lipinski definition) is 0. The molecule has 4 heteroatoms. The minimum Gasteiger partial charge on any atom is -0.369 e. The molecule has 0 aromatic carbocycles. The van der Waals surface area contributed by atoms with E-state index < -0.39 is 0 Å². The molecule has 12 heavy (non-hydrogen) atoms. The molecule has 0 aliphatic rings. The largest absolute Gasteiger partial charge is 0.369 e. The van der Waals surface area contributed by atoms with Gasteiger partial charge in [0.1, 0.15) is 5.00 Å². The van der Waals surface area contributed by atoms with Crippen molar-refractivity contribution in [2.75, 3.05) is 19.0 Å². The summed E-state index contributed by atoms with van der Waals surface area (Å²) in [5.74, 6) is 0. The predicted octanol–water partition coefficient (Wildman–Crippen LogP) is 1.44. The first-order valence-electron chi connectivity index (χ1n) is 3.40. The van der Waals surface area contributed by atoms with E-state index in [1.165, 1.54) is 11.3 Å². The lowest BCUT2D eigenvalue weighted by atomic mass is 10.3. The highest BCUT2D eigenvalue weighted by atomic mass is 32.1. The van der Waals surface area contributed by atoms with Crippen LogP contribution in [0.25, 0.3) is 0 Å². The van der Waals surface area contributed by atoms with Crippen molar-refractivity contribution in [2.45, 2.75) is 0 Å². The van der Waals surface area contributed by atoms with Crippen LogP contribution in [0.3, 0.4) is 0 Å². The fraction of sp³-hybridized carbons (Fsp3) is 0.250. The fourth-order valence-electron chi connectivity index (χ4n) is 0.907. The van der Waals surface area contributed by atoms with Crippen LogP contribution in [0.15, 0.2) is 6.07 Å². The van der Waals surface area contributed by atoms with E-state index in [9.17, 15) is 9.59 Å². The second-order valence-corrected chi connectivity index (χ2v) is 3.60. The van der Waals surface area contributed by atoms with Gasteiger partial charge in [0.15, 0.2) is 12.6 Å². The zero-order valence-corrected chi connectivity index (χ0v) is 7.72. The van der Waals surface area contributed by atoms with Crippen LogP contribution in [0.2, 0.25) is 0 Å². The van der Waals surface area contributed by atoms with E-state index in [1.807, 2.05) is 19.0 Å². The predicted molar refractivity (Wildman–Crippen MR) is 49.4 cm³/mol. The van der Waals surface area contributed by atoms with Crippen LogP contribution in [-0.2, 0) is 0 Å². The van der Waals surface area contributed by atoms with Gasteiger partial charge in [-0.15, -0.1) is 11.3 Å². The van der Waals surface area contributed by atoms with Gasteiger partial charge in [-0.1, -0.05) is 0 Å². The summed E-state index contributed by atoms with van der Waals surface area (Å²) in [6, 6.07) is 1.60. The van der Waals surface area contributed by atoms with Crippen LogP contribution in [0, 0.1) is 0 Å². The molecule has 0 bridgehead atoms. The Morgan fingerprint density at radius 2 is 2.00 bits per heavy atom.